The van der Waals surface area contributed by atoms with E-state index >= 15 is 0 Å². The van der Waals surface area contributed by atoms with Crippen LogP contribution in [0.25, 0.3) is 0 Å². The van der Waals surface area contributed by atoms with Crippen molar-refractivity contribution in [2.45, 2.75) is 37.9 Å². The second-order valence-electron chi connectivity index (χ2n) is 2.51. The molecule has 0 spiro atoms. The molecular formula is C8H17BrO. The van der Waals surface area contributed by atoms with Gasteiger partial charge in [-0.15, -0.1) is 0 Å². The van der Waals surface area contributed by atoms with Gasteiger partial charge in [-0.1, -0.05) is 29.8 Å². The minimum absolute atomic E-state index is 0.697. The molecule has 0 aromatic carbocycles. The number of halogens is 1. The van der Waals surface area contributed by atoms with Crippen LogP contribution in [-0.4, -0.2) is 18.0 Å². The van der Waals surface area contributed by atoms with Gasteiger partial charge in [0, 0.05) is 18.0 Å². The lowest BCUT2D eigenvalue weighted by atomic mass is 10.4. The van der Waals surface area contributed by atoms with E-state index < -0.39 is 0 Å². The zero-order valence-electron chi connectivity index (χ0n) is 6.90. The molecule has 1 nitrogen and oxygen atoms in total. The Morgan fingerprint density at radius 2 is 1.80 bits per heavy atom. The molecule has 0 aromatic rings. The first-order valence-corrected chi connectivity index (χ1v) is 4.90. The third-order valence-corrected chi connectivity index (χ3v) is 2.04. The summed E-state index contributed by atoms with van der Waals surface area (Å²) in [5.41, 5.74) is 0. The predicted molar refractivity (Wildman–Crippen MR) is 48.7 cm³/mol. The lowest BCUT2D eigenvalue weighted by Gasteiger charge is -1.88. The molecule has 1 unspecified atom stereocenters. The van der Waals surface area contributed by atoms with Gasteiger partial charge in [-0.05, 0) is 19.3 Å². The van der Waals surface area contributed by atoms with Gasteiger partial charge in [0.1, 0.15) is 0 Å². The van der Waals surface area contributed by atoms with Gasteiger partial charge in [0.2, 0.25) is 0 Å². The van der Waals surface area contributed by atoms with E-state index in [9.17, 15) is 0 Å². The largest absolute Gasteiger partial charge is 0.381 e. The molecular weight excluding hydrogens is 192 g/mol. The first-order chi connectivity index (χ1) is 4.77. The van der Waals surface area contributed by atoms with E-state index in [0.717, 1.165) is 13.2 Å². The summed E-state index contributed by atoms with van der Waals surface area (Å²) in [5, 5.41) is 0. The zero-order valence-corrected chi connectivity index (χ0v) is 8.49. The summed E-state index contributed by atoms with van der Waals surface area (Å²) in [5.74, 6) is 0. The Kier molecular flexibility index (Phi) is 7.88. The third-order valence-electron chi connectivity index (χ3n) is 1.39. The van der Waals surface area contributed by atoms with E-state index in [1.807, 2.05) is 0 Å². The highest BCUT2D eigenvalue weighted by Gasteiger charge is 1.94. The first kappa shape index (κ1) is 10.4. The van der Waals surface area contributed by atoms with Crippen molar-refractivity contribution in [3.8, 4) is 0 Å². The first-order valence-electron chi connectivity index (χ1n) is 3.99. The Labute approximate surface area is 72.3 Å². The molecule has 1 fully saturated rings. The van der Waals surface area contributed by atoms with Crippen LogP contribution in [0.4, 0.5) is 0 Å². The second kappa shape index (κ2) is 7.55. The molecule has 1 atom stereocenters. The summed E-state index contributed by atoms with van der Waals surface area (Å²) in [7, 11) is 0. The van der Waals surface area contributed by atoms with Crippen LogP contribution in [0.1, 0.15) is 33.1 Å². The molecule has 0 N–H and O–H groups in total. The third kappa shape index (κ3) is 8.44. The molecule has 1 saturated heterocycles. The summed E-state index contributed by atoms with van der Waals surface area (Å²) >= 11 is 3.37. The van der Waals surface area contributed by atoms with Gasteiger partial charge in [0.25, 0.3) is 0 Å². The van der Waals surface area contributed by atoms with Crippen LogP contribution in [-0.2, 0) is 4.74 Å². The Hall–Kier alpha value is 0.440. The zero-order chi connectivity index (χ0) is 7.82. The molecule has 0 aromatic heterocycles. The van der Waals surface area contributed by atoms with Gasteiger partial charge in [0.15, 0.2) is 0 Å². The van der Waals surface area contributed by atoms with E-state index in [4.69, 9.17) is 4.74 Å². The van der Waals surface area contributed by atoms with Crippen molar-refractivity contribution in [1.82, 2.24) is 0 Å². The average molecular weight is 209 g/mol. The minimum Gasteiger partial charge on any atom is -0.381 e. The molecule has 0 amide bonds. The molecule has 0 saturated carbocycles. The van der Waals surface area contributed by atoms with Crippen molar-refractivity contribution in [1.29, 1.82) is 0 Å². The highest BCUT2D eigenvalue weighted by molar-refractivity contribution is 9.09. The number of rotatable bonds is 1. The van der Waals surface area contributed by atoms with Crippen molar-refractivity contribution < 1.29 is 4.74 Å². The van der Waals surface area contributed by atoms with Crippen LogP contribution < -0.4 is 0 Å². The standard InChI is InChI=1S/C4H9Br.C4H8O/c1-3-4(2)5;1-2-4-5-3-1/h4H,3H2,1-2H3;1-4H2. The predicted octanol–water partition coefficient (Wildman–Crippen LogP) is 2.98. The van der Waals surface area contributed by atoms with E-state index in [2.05, 4.69) is 29.8 Å². The van der Waals surface area contributed by atoms with E-state index in [0.29, 0.717) is 4.83 Å². The fraction of sp³-hybridized carbons (Fsp3) is 1.00. The fourth-order valence-corrected chi connectivity index (χ4v) is 0.510. The van der Waals surface area contributed by atoms with E-state index in [1.165, 1.54) is 19.3 Å². The highest BCUT2D eigenvalue weighted by atomic mass is 79.9. The van der Waals surface area contributed by atoms with Crippen LogP contribution in [0.3, 0.4) is 0 Å². The Balaban J connectivity index is 0.000000162. The SMILES string of the molecule is C1CCOC1.CCC(C)Br. The lowest BCUT2D eigenvalue weighted by molar-refractivity contribution is 0.198. The molecule has 1 aliphatic heterocycles. The number of hydrogen-bond acceptors (Lipinski definition) is 1. The smallest absolute Gasteiger partial charge is 0.0466 e. The number of hydrogen-bond donors (Lipinski definition) is 0. The molecule has 1 rings (SSSR count). The van der Waals surface area contributed by atoms with Crippen LogP contribution in [0.15, 0.2) is 0 Å². The summed E-state index contributed by atoms with van der Waals surface area (Å²) in [6.45, 7) is 6.29. The van der Waals surface area contributed by atoms with Gasteiger partial charge >= 0.3 is 0 Å². The van der Waals surface area contributed by atoms with Crippen molar-refractivity contribution in [3.63, 3.8) is 0 Å². The lowest BCUT2D eigenvalue weighted by Crippen LogP contribution is -1.80. The summed E-state index contributed by atoms with van der Waals surface area (Å²) in [6.07, 6.45) is 3.78. The number of ether oxygens (including phenoxy) is 1. The maximum absolute atomic E-state index is 4.94. The highest BCUT2D eigenvalue weighted by Crippen LogP contribution is 1.99. The maximum atomic E-state index is 4.94. The average Bonchev–Trinajstić information content (AvgIpc) is 2.43. The monoisotopic (exact) mass is 208 g/mol. The van der Waals surface area contributed by atoms with Crippen molar-refractivity contribution >= 4 is 15.9 Å². The van der Waals surface area contributed by atoms with Gasteiger partial charge in [-0.2, -0.15) is 0 Å². The molecule has 10 heavy (non-hydrogen) atoms. The second-order valence-corrected chi connectivity index (χ2v) is 4.07. The molecule has 0 radical (unpaired) electrons. The van der Waals surface area contributed by atoms with E-state index in [-0.39, 0.29) is 0 Å². The van der Waals surface area contributed by atoms with Gasteiger partial charge in [-0.3, -0.25) is 0 Å². The normalized spacial score (nSPS) is 19.5. The molecule has 62 valence electrons. The Morgan fingerprint density at radius 1 is 1.40 bits per heavy atom. The topological polar surface area (TPSA) is 9.23 Å². The number of alkyl halides is 1. The van der Waals surface area contributed by atoms with Crippen LogP contribution >= 0.6 is 15.9 Å². The van der Waals surface area contributed by atoms with Gasteiger partial charge < -0.3 is 4.74 Å². The van der Waals surface area contributed by atoms with Crippen molar-refractivity contribution in [2.24, 2.45) is 0 Å². The molecule has 0 bridgehead atoms. The molecule has 2 heteroatoms. The fourth-order valence-electron chi connectivity index (χ4n) is 0.510. The summed E-state index contributed by atoms with van der Waals surface area (Å²) in [6, 6.07) is 0. The summed E-state index contributed by atoms with van der Waals surface area (Å²) in [4.78, 5) is 0.697. The molecule has 1 aliphatic rings. The molecule has 1 heterocycles. The van der Waals surface area contributed by atoms with Crippen LogP contribution in [0.5, 0.6) is 0 Å². The minimum atomic E-state index is 0.697. The summed E-state index contributed by atoms with van der Waals surface area (Å²) < 4.78 is 4.94. The maximum Gasteiger partial charge on any atom is 0.0466 e. The van der Waals surface area contributed by atoms with Gasteiger partial charge in [0.05, 0.1) is 0 Å². The quantitative estimate of drug-likeness (QED) is 0.603. The van der Waals surface area contributed by atoms with Crippen molar-refractivity contribution in [3.05, 3.63) is 0 Å². The van der Waals surface area contributed by atoms with Crippen molar-refractivity contribution in [2.75, 3.05) is 13.2 Å². The van der Waals surface area contributed by atoms with Gasteiger partial charge in [-0.25, -0.2) is 0 Å². The Morgan fingerprint density at radius 3 is 1.90 bits per heavy atom. The van der Waals surface area contributed by atoms with Crippen LogP contribution in [0, 0.1) is 0 Å². The Bertz CT molecular complexity index is 52.7. The van der Waals surface area contributed by atoms with E-state index in [1.54, 1.807) is 0 Å². The molecule has 0 aliphatic carbocycles. The van der Waals surface area contributed by atoms with Crippen LogP contribution in [0.2, 0.25) is 0 Å².